The van der Waals surface area contributed by atoms with Gasteiger partial charge in [0.05, 0.1) is 0 Å². The molecule has 6 heteroatoms. The van der Waals surface area contributed by atoms with Crippen LogP contribution < -0.4 is 10.2 Å². The predicted molar refractivity (Wildman–Crippen MR) is 95.4 cm³/mol. The Balaban J connectivity index is 1.68. The Morgan fingerprint density at radius 2 is 2.00 bits per heavy atom. The van der Waals surface area contributed by atoms with Gasteiger partial charge in [-0.25, -0.2) is 0 Å². The third-order valence-electron chi connectivity index (χ3n) is 4.28. The van der Waals surface area contributed by atoms with Gasteiger partial charge in [0.25, 0.3) is 5.91 Å². The minimum absolute atomic E-state index is 0.174. The molecule has 1 amide bonds. The van der Waals surface area contributed by atoms with E-state index in [0.29, 0.717) is 13.1 Å². The monoisotopic (exact) mass is 390 g/mol. The van der Waals surface area contributed by atoms with Gasteiger partial charge in [-0.05, 0) is 29.8 Å². The van der Waals surface area contributed by atoms with Crippen molar-refractivity contribution in [3.8, 4) is 0 Å². The molecule has 1 aliphatic heterocycles. The molecule has 3 rings (SSSR count). The van der Waals surface area contributed by atoms with E-state index in [1.54, 1.807) is 4.90 Å². The molecular formula is C18H19BrN2O3. The number of halogens is 1. The summed E-state index contributed by atoms with van der Waals surface area (Å²) in [6.07, 6.45) is -1.10. The van der Waals surface area contributed by atoms with Crippen molar-refractivity contribution in [2.24, 2.45) is 0 Å². The summed E-state index contributed by atoms with van der Waals surface area (Å²) in [6.45, 7) is 0.699. The Bertz CT molecular complexity index is 725. The zero-order valence-corrected chi connectivity index (χ0v) is 14.6. The number of nitrogens with zero attached hydrogens (tertiary/aromatic N) is 1. The lowest BCUT2D eigenvalue weighted by molar-refractivity contribution is -0.148. The Kier molecular flexibility index (Phi) is 4.89. The molecule has 1 unspecified atom stereocenters. The highest BCUT2D eigenvalue weighted by Crippen LogP contribution is 2.31. The van der Waals surface area contributed by atoms with Crippen LogP contribution in [0.2, 0.25) is 0 Å². The molecule has 2 aromatic rings. The molecule has 1 fully saturated rings. The maximum atomic E-state index is 12.5. The normalized spacial score (nSPS) is 23.3. The number of anilines is 1. The highest BCUT2D eigenvalue weighted by molar-refractivity contribution is 9.10. The van der Waals surface area contributed by atoms with Gasteiger partial charge >= 0.3 is 0 Å². The van der Waals surface area contributed by atoms with E-state index < -0.39 is 17.7 Å². The highest BCUT2D eigenvalue weighted by Gasteiger charge is 2.51. The van der Waals surface area contributed by atoms with Gasteiger partial charge < -0.3 is 20.4 Å². The second-order valence-electron chi connectivity index (χ2n) is 5.89. The number of rotatable bonds is 4. The van der Waals surface area contributed by atoms with Crippen molar-refractivity contribution in [1.82, 2.24) is 5.32 Å². The van der Waals surface area contributed by atoms with Gasteiger partial charge in [-0.3, -0.25) is 4.79 Å². The summed E-state index contributed by atoms with van der Waals surface area (Å²) in [7, 11) is 0. The van der Waals surface area contributed by atoms with Crippen LogP contribution in [0.5, 0.6) is 0 Å². The topological polar surface area (TPSA) is 72.8 Å². The van der Waals surface area contributed by atoms with Gasteiger partial charge in [0, 0.05) is 29.7 Å². The number of carbonyl (C=O) groups excluding carboxylic acids is 1. The van der Waals surface area contributed by atoms with Gasteiger partial charge in [0.15, 0.2) is 11.8 Å². The van der Waals surface area contributed by atoms with Crippen LogP contribution in [0.25, 0.3) is 0 Å². The molecule has 2 aromatic carbocycles. The Morgan fingerprint density at radius 3 is 2.71 bits per heavy atom. The summed E-state index contributed by atoms with van der Waals surface area (Å²) < 4.78 is 0.920. The van der Waals surface area contributed by atoms with Crippen molar-refractivity contribution >= 4 is 27.5 Å². The van der Waals surface area contributed by atoms with E-state index in [2.05, 4.69) is 21.2 Å². The van der Waals surface area contributed by atoms with Gasteiger partial charge in [0.1, 0.15) is 0 Å². The molecule has 0 aliphatic carbocycles. The van der Waals surface area contributed by atoms with E-state index in [4.69, 9.17) is 0 Å². The average molecular weight is 391 g/mol. The first-order chi connectivity index (χ1) is 11.5. The van der Waals surface area contributed by atoms with E-state index in [1.807, 2.05) is 54.6 Å². The number of aliphatic hydroxyl groups is 2. The molecule has 1 heterocycles. The quantitative estimate of drug-likeness (QED) is 0.746. The Hall–Kier alpha value is -1.89. The van der Waals surface area contributed by atoms with Crippen molar-refractivity contribution in [2.75, 3.05) is 11.4 Å². The standard InChI is InChI=1S/C18H19BrN2O3/c19-14-6-4-5-13(11-14)12-20-16(22)18(24)9-10-21(17(18)23)15-7-2-1-3-8-15/h1-8,11,17,23-24H,9-10,12H2,(H,20,22)/t17?,18-/m1/s1. The fourth-order valence-electron chi connectivity index (χ4n) is 2.90. The van der Waals surface area contributed by atoms with Crippen molar-refractivity contribution in [1.29, 1.82) is 0 Å². The minimum atomic E-state index is -1.82. The van der Waals surface area contributed by atoms with Gasteiger partial charge in [-0.15, -0.1) is 0 Å². The number of hydrogen-bond donors (Lipinski definition) is 3. The van der Waals surface area contributed by atoms with Crippen LogP contribution >= 0.6 is 15.9 Å². The first kappa shape index (κ1) is 17.0. The second-order valence-corrected chi connectivity index (χ2v) is 6.81. The molecule has 0 bridgehead atoms. The molecule has 126 valence electrons. The van der Waals surface area contributed by atoms with Crippen LogP contribution in [0.15, 0.2) is 59.1 Å². The third kappa shape index (κ3) is 3.31. The number of aliphatic hydroxyl groups excluding tert-OH is 1. The summed E-state index contributed by atoms with van der Waals surface area (Å²) in [5.41, 5.74) is -0.128. The van der Waals surface area contributed by atoms with Crippen LogP contribution in [0, 0.1) is 0 Å². The average Bonchev–Trinajstić information content (AvgIpc) is 2.90. The number of carbonyl (C=O) groups is 1. The largest absolute Gasteiger partial charge is 0.376 e. The predicted octanol–water partition coefficient (Wildman–Crippen LogP) is 2.03. The smallest absolute Gasteiger partial charge is 0.257 e. The zero-order chi connectivity index (χ0) is 17.2. The second kappa shape index (κ2) is 6.93. The Labute approximate surface area is 149 Å². The van der Waals surface area contributed by atoms with E-state index in [1.165, 1.54) is 0 Å². The van der Waals surface area contributed by atoms with E-state index in [9.17, 15) is 15.0 Å². The summed E-state index contributed by atoms with van der Waals surface area (Å²) in [4.78, 5) is 14.1. The van der Waals surface area contributed by atoms with E-state index in [0.717, 1.165) is 15.7 Å². The van der Waals surface area contributed by atoms with Gasteiger partial charge in [-0.1, -0.05) is 46.3 Å². The van der Waals surface area contributed by atoms with Gasteiger partial charge in [-0.2, -0.15) is 0 Å². The van der Waals surface area contributed by atoms with Crippen LogP contribution in [0.1, 0.15) is 12.0 Å². The molecule has 1 aliphatic rings. The number of amides is 1. The van der Waals surface area contributed by atoms with Crippen molar-refractivity contribution in [3.05, 3.63) is 64.6 Å². The minimum Gasteiger partial charge on any atom is -0.376 e. The highest BCUT2D eigenvalue weighted by atomic mass is 79.9. The van der Waals surface area contributed by atoms with Gasteiger partial charge in [0.2, 0.25) is 0 Å². The Morgan fingerprint density at radius 1 is 1.25 bits per heavy atom. The third-order valence-corrected chi connectivity index (χ3v) is 4.77. The summed E-state index contributed by atoms with van der Waals surface area (Å²) >= 11 is 3.38. The zero-order valence-electron chi connectivity index (χ0n) is 13.0. The molecule has 5 nitrogen and oxygen atoms in total. The molecule has 3 N–H and O–H groups in total. The number of para-hydroxylation sites is 1. The van der Waals surface area contributed by atoms with Crippen molar-refractivity contribution < 1.29 is 15.0 Å². The molecule has 2 atom stereocenters. The number of benzene rings is 2. The molecule has 0 saturated carbocycles. The summed E-state index contributed by atoms with van der Waals surface area (Å²) in [6, 6.07) is 16.8. The van der Waals surface area contributed by atoms with Crippen LogP contribution in [0.3, 0.4) is 0 Å². The van der Waals surface area contributed by atoms with Crippen molar-refractivity contribution in [3.63, 3.8) is 0 Å². The van der Waals surface area contributed by atoms with Crippen LogP contribution in [-0.2, 0) is 11.3 Å². The fraction of sp³-hybridized carbons (Fsp3) is 0.278. The van der Waals surface area contributed by atoms with Crippen LogP contribution in [0.4, 0.5) is 5.69 Å². The molecular weight excluding hydrogens is 372 g/mol. The maximum Gasteiger partial charge on any atom is 0.257 e. The fourth-order valence-corrected chi connectivity index (χ4v) is 3.35. The number of hydrogen-bond acceptors (Lipinski definition) is 4. The molecule has 1 saturated heterocycles. The lowest BCUT2D eigenvalue weighted by Gasteiger charge is -2.30. The molecule has 0 spiro atoms. The van der Waals surface area contributed by atoms with E-state index >= 15 is 0 Å². The molecule has 0 aromatic heterocycles. The molecule has 24 heavy (non-hydrogen) atoms. The summed E-state index contributed by atoms with van der Waals surface area (Å²) in [5, 5.41) is 23.9. The SMILES string of the molecule is O=C(NCc1cccc(Br)c1)[C@]1(O)CCN(c2ccccc2)C1O. The first-order valence-corrected chi connectivity index (χ1v) is 8.55. The lowest BCUT2D eigenvalue weighted by Crippen LogP contribution is -2.55. The van der Waals surface area contributed by atoms with Crippen LogP contribution in [-0.4, -0.2) is 34.5 Å². The lowest BCUT2D eigenvalue weighted by atomic mass is 10.00. The molecule has 0 radical (unpaired) electrons. The van der Waals surface area contributed by atoms with E-state index in [-0.39, 0.29) is 6.42 Å². The number of nitrogens with one attached hydrogen (secondary N) is 1. The van der Waals surface area contributed by atoms with Crippen molar-refractivity contribution in [2.45, 2.75) is 24.8 Å². The summed E-state index contributed by atoms with van der Waals surface area (Å²) in [5.74, 6) is -0.562. The first-order valence-electron chi connectivity index (χ1n) is 7.75. The maximum absolute atomic E-state index is 12.5.